The summed E-state index contributed by atoms with van der Waals surface area (Å²) in [5.74, 6) is 0. The van der Waals surface area contributed by atoms with E-state index in [-0.39, 0.29) is 0 Å². The number of hydrogen-bond acceptors (Lipinski definition) is 0. The molecule has 4 heteroatoms. The quantitative estimate of drug-likeness (QED) is 0.0920. The lowest BCUT2D eigenvalue weighted by Crippen LogP contribution is -2.48. The Kier molecular flexibility index (Phi) is 9.23. The molecule has 54 heavy (non-hydrogen) atoms. The molecule has 8 aromatic rings. The third-order valence-electron chi connectivity index (χ3n) is 11.9. The third kappa shape index (κ3) is 6.29. The maximum atomic E-state index is 2.57. The van der Waals surface area contributed by atoms with Gasteiger partial charge in [0.2, 0.25) is 0 Å². The highest BCUT2D eigenvalue weighted by molar-refractivity contribution is 14.1. The average molecular weight is 957 g/mol. The molecular weight excluding hydrogens is 911 g/mol. The molecule has 0 bridgehead atoms. The normalized spacial score (nSPS) is 13.6. The minimum absolute atomic E-state index is 1.06. The summed E-state index contributed by atoms with van der Waals surface area (Å²) < 4.78 is 2.86. The molecule has 0 nitrogen and oxygen atoms in total. The molecule has 0 aromatic heterocycles. The molecule has 8 aromatic carbocycles. The fourth-order valence-corrected chi connectivity index (χ4v) is 15.8. The molecule has 0 radical (unpaired) electrons. The van der Waals surface area contributed by atoms with E-state index in [0.717, 1.165) is 25.7 Å². The number of hydrogen-bond donors (Lipinski definition) is 0. The van der Waals surface area contributed by atoms with E-state index in [1.807, 2.05) is 0 Å². The van der Waals surface area contributed by atoms with E-state index in [2.05, 4.69) is 206 Å². The molecule has 268 valence electrons. The van der Waals surface area contributed by atoms with Gasteiger partial charge in [-0.05, 0) is 193 Å². The van der Waals surface area contributed by atoms with E-state index >= 15 is 0 Å². The van der Waals surface area contributed by atoms with Crippen LogP contribution in [0.5, 0.6) is 0 Å². The smallest absolute Gasteiger partial charge is 0.0656 e. The summed E-state index contributed by atoms with van der Waals surface area (Å²) in [5.41, 5.74) is 12.4. The lowest BCUT2D eigenvalue weighted by molar-refractivity contribution is 0.992. The van der Waals surface area contributed by atoms with Gasteiger partial charge in [0.25, 0.3) is 0 Å². The Morgan fingerprint density at radius 2 is 0.611 bits per heavy atom. The van der Waals surface area contributed by atoms with Crippen LogP contribution in [0.4, 0.5) is 0 Å². The van der Waals surface area contributed by atoms with Crippen molar-refractivity contribution in [3.63, 3.8) is 0 Å². The summed E-state index contributed by atoms with van der Waals surface area (Å²) in [7, 11) is -3.10. The van der Waals surface area contributed by atoms with Crippen LogP contribution in [0.25, 0.3) is 43.1 Å². The fraction of sp³-hybridized carbons (Fsp3) is 0.200. The van der Waals surface area contributed by atoms with Gasteiger partial charge in [-0.1, -0.05) is 136 Å². The average Bonchev–Trinajstić information content (AvgIpc) is 3.15. The van der Waals surface area contributed by atoms with Crippen molar-refractivity contribution in [1.29, 1.82) is 0 Å². The van der Waals surface area contributed by atoms with E-state index < -0.39 is 16.1 Å². The maximum absolute atomic E-state index is 2.57. The first-order chi connectivity index (χ1) is 25.9. The molecule has 0 fully saturated rings. The van der Waals surface area contributed by atoms with E-state index in [9.17, 15) is 0 Å². The van der Waals surface area contributed by atoms with Crippen LogP contribution in [0.15, 0.2) is 121 Å². The summed E-state index contributed by atoms with van der Waals surface area (Å²) in [6.45, 7) is 15.2. The Hall–Kier alpha value is -3.31. The molecule has 0 amide bonds. The summed E-state index contributed by atoms with van der Waals surface area (Å²) in [5, 5.41) is 14.7. The molecule has 0 spiro atoms. The molecule has 10 rings (SSSR count). The van der Waals surface area contributed by atoms with Crippen molar-refractivity contribution in [2.24, 2.45) is 0 Å². The van der Waals surface area contributed by atoms with Crippen LogP contribution in [-0.2, 0) is 25.7 Å². The Morgan fingerprint density at radius 3 is 0.907 bits per heavy atom. The molecule has 2 aliphatic rings. The minimum atomic E-state index is -1.55. The summed E-state index contributed by atoms with van der Waals surface area (Å²) in [6.07, 6.45) is 4.32. The van der Waals surface area contributed by atoms with Crippen LogP contribution in [0.2, 0.25) is 39.3 Å². The molecule has 0 unspecified atom stereocenters. The van der Waals surface area contributed by atoms with Gasteiger partial charge in [-0.15, -0.1) is 0 Å². The van der Waals surface area contributed by atoms with Crippen LogP contribution in [0, 0.1) is 7.14 Å². The summed E-state index contributed by atoms with van der Waals surface area (Å²) in [4.78, 5) is 0. The molecule has 0 heterocycles. The van der Waals surface area contributed by atoms with Crippen LogP contribution in [-0.4, -0.2) is 16.1 Å². The molecule has 0 saturated carbocycles. The number of rotatable bonds is 2. The van der Waals surface area contributed by atoms with Gasteiger partial charge in [-0.25, -0.2) is 0 Å². The first kappa shape index (κ1) is 36.3. The fourth-order valence-electron chi connectivity index (χ4n) is 9.51. The standard InChI is InChI=1S/C28H32Si2.C22H14I2/c1-29(2,3)27-23-15-19-11-7-9-13-21(19)17-25(23)28(30(4,5)6)26-18-22-14-10-8-12-20(22)16-24(26)27;23-21-17-9-13-5-1-2-6-14(13)10-18(17)22(24)20-12-16-8-4-3-7-15(16)11-19(20)21/h7-15,17H,16,18H2,1-6H3;1-10H,11-12H2. The third-order valence-corrected chi connectivity index (χ3v) is 18.5. The monoisotopic (exact) mass is 956 g/mol. The van der Waals surface area contributed by atoms with Crippen LogP contribution in [0.3, 0.4) is 0 Å². The van der Waals surface area contributed by atoms with Gasteiger partial charge in [-0.3, -0.25) is 0 Å². The lowest BCUT2D eigenvalue weighted by Gasteiger charge is -2.35. The second-order valence-corrected chi connectivity index (χ2v) is 29.7. The number of benzene rings is 8. The molecule has 0 N–H and O–H groups in total. The molecular formula is C50H46I2Si2. The van der Waals surface area contributed by atoms with Gasteiger partial charge in [0.1, 0.15) is 0 Å². The molecule has 2 aliphatic carbocycles. The van der Waals surface area contributed by atoms with Crippen molar-refractivity contribution in [2.75, 3.05) is 0 Å². The Balaban J connectivity index is 0.000000146. The zero-order valence-corrected chi connectivity index (χ0v) is 38.4. The molecule has 0 atom stereocenters. The zero-order chi connectivity index (χ0) is 37.5. The zero-order valence-electron chi connectivity index (χ0n) is 32.1. The van der Waals surface area contributed by atoms with Gasteiger partial charge < -0.3 is 0 Å². The molecule has 0 aliphatic heterocycles. The van der Waals surface area contributed by atoms with E-state index in [1.54, 1.807) is 32.3 Å². The predicted molar refractivity (Wildman–Crippen MR) is 258 cm³/mol. The first-order valence-electron chi connectivity index (χ1n) is 19.3. The lowest BCUT2D eigenvalue weighted by atomic mass is 9.84. The van der Waals surface area contributed by atoms with Gasteiger partial charge in [0, 0.05) is 7.14 Å². The van der Waals surface area contributed by atoms with Crippen molar-refractivity contribution in [3.8, 4) is 0 Å². The van der Waals surface area contributed by atoms with E-state index in [4.69, 9.17) is 0 Å². The van der Waals surface area contributed by atoms with Crippen molar-refractivity contribution >= 4 is 115 Å². The van der Waals surface area contributed by atoms with Crippen molar-refractivity contribution in [3.05, 3.63) is 173 Å². The molecule has 0 saturated heterocycles. The largest absolute Gasteiger partial charge is 0.0788 e. The predicted octanol–water partition coefficient (Wildman–Crippen LogP) is 13.3. The van der Waals surface area contributed by atoms with Crippen molar-refractivity contribution in [2.45, 2.75) is 65.0 Å². The summed E-state index contributed by atoms with van der Waals surface area (Å²) >= 11 is 5.13. The summed E-state index contributed by atoms with van der Waals surface area (Å²) in [6, 6.07) is 45.4. The Morgan fingerprint density at radius 1 is 0.352 bits per heavy atom. The second-order valence-electron chi connectivity index (χ2n) is 17.5. The Labute approximate surface area is 349 Å². The SMILES string of the molecule is C[Si](C)(C)c1c2c(c([Si](C)(C)C)c3cc4ccccc4cc13)Cc1ccccc1C2.Ic1c2c(c(I)c3cc4ccccc4cc13)Cc1ccccc1C2. The van der Waals surface area contributed by atoms with Crippen LogP contribution < -0.4 is 10.4 Å². The van der Waals surface area contributed by atoms with E-state index in [0.29, 0.717) is 0 Å². The van der Waals surface area contributed by atoms with Crippen molar-refractivity contribution < 1.29 is 0 Å². The van der Waals surface area contributed by atoms with Crippen molar-refractivity contribution in [1.82, 2.24) is 0 Å². The van der Waals surface area contributed by atoms with Crippen LogP contribution >= 0.6 is 45.2 Å². The maximum Gasteiger partial charge on any atom is 0.0788 e. The highest BCUT2D eigenvalue weighted by Gasteiger charge is 2.34. The Bertz CT molecular complexity index is 2630. The van der Waals surface area contributed by atoms with Gasteiger partial charge in [0.05, 0.1) is 16.1 Å². The highest BCUT2D eigenvalue weighted by atomic mass is 127. The first-order valence-corrected chi connectivity index (χ1v) is 28.5. The number of fused-ring (bicyclic) bond motifs is 8. The number of halogens is 2. The van der Waals surface area contributed by atoms with Gasteiger partial charge >= 0.3 is 0 Å². The minimum Gasteiger partial charge on any atom is -0.0656 e. The van der Waals surface area contributed by atoms with E-state index in [1.165, 1.54) is 72.8 Å². The second kappa shape index (κ2) is 13.7. The topological polar surface area (TPSA) is 0 Å². The van der Waals surface area contributed by atoms with Gasteiger partial charge in [-0.2, -0.15) is 0 Å². The van der Waals surface area contributed by atoms with Gasteiger partial charge in [0.15, 0.2) is 0 Å². The van der Waals surface area contributed by atoms with Crippen LogP contribution in [0.1, 0.15) is 44.5 Å². The highest BCUT2D eigenvalue weighted by Crippen LogP contribution is 2.40.